The first kappa shape index (κ1) is 8.29. The Morgan fingerprint density at radius 1 is 1.30 bits per heavy atom. The molecule has 0 spiro atoms. The fraction of sp³-hybridized carbons (Fsp3) is 0.556. The van der Waals surface area contributed by atoms with Gasteiger partial charge in [0, 0.05) is 0 Å². The summed E-state index contributed by atoms with van der Waals surface area (Å²) in [6.07, 6.45) is 3.69. The Morgan fingerprint density at radius 2 is 1.90 bits per heavy atom. The molecule has 0 atom stereocenters. The summed E-state index contributed by atoms with van der Waals surface area (Å²) in [5.74, 6) is 0. The van der Waals surface area contributed by atoms with Crippen LogP contribution in [0.25, 0.3) is 0 Å². The Bertz CT molecular complexity index is 197. The molecule has 0 bridgehead atoms. The molecule has 0 aromatic carbocycles. The van der Waals surface area contributed by atoms with Crippen molar-refractivity contribution in [1.29, 1.82) is 0 Å². The molecule has 10 heavy (non-hydrogen) atoms. The molecule has 0 saturated carbocycles. The summed E-state index contributed by atoms with van der Waals surface area (Å²) >= 11 is -0.722. The summed E-state index contributed by atoms with van der Waals surface area (Å²) in [7, 11) is 0. The predicted molar refractivity (Wildman–Crippen MR) is 42.8 cm³/mol. The summed E-state index contributed by atoms with van der Waals surface area (Å²) in [4.78, 5) is 0. The minimum atomic E-state index is -0.722. The van der Waals surface area contributed by atoms with Crippen molar-refractivity contribution in [3.8, 4) is 0 Å². The molecule has 1 heteroatoms. The van der Waals surface area contributed by atoms with Crippen molar-refractivity contribution in [2.45, 2.75) is 30.7 Å². The van der Waals surface area contributed by atoms with Crippen LogP contribution < -0.4 is 0 Å². The van der Waals surface area contributed by atoms with Crippen LogP contribution in [0.1, 0.15) is 20.3 Å². The maximum atomic E-state index is 2.43. The Morgan fingerprint density at radius 3 is 2.10 bits per heavy atom. The predicted octanol–water partition coefficient (Wildman–Crippen LogP) is 3.32. The molecular weight excluding hydrogens is 156 g/mol. The van der Waals surface area contributed by atoms with Gasteiger partial charge in [-0.2, -0.15) is 0 Å². The van der Waals surface area contributed by atoms with Crippen LogP contribution in [0.3, 0.4) is 0 Å². The van der Waals surface area contributed by atoms with Crippen molar-refractivity contribution in [3.05, 3.63) is 21.1 Å². The molecule has 0 aliphatic heterocycles. The van der Waals surface area contributed by atoms with Crippen LogP contribution in [0.5, 0.6) is 0 Å². The van der Waals surface area contributed by atoms with E-state index in [2.05, 4.69) is 30.4 Å². The van der Waals surface area contributed by atoms with E-state index in [1.807, 2.05) is 0 Å². The van der Waals surface area contributed by atoms with Crippen molar-refractivity contribution >= 4 is 0 Å². The Balaban J connectivity index is 2.70. The molecule has 0 radical (unpaired) electrons. The SMILES string of the molecule is CC1=C(C)C[C]([Ti]([CH3])[CH3])=C1. The van der Waals surface area contributed by atoms with Gasteiger partial charge in [0.1, 0.15) is 0 Å². The maximum absolute atomic E-state index is 2.43. The zero-order valence-corrected chi connectivity index (χ0v) is 8.85. The van der Waals surface area contributed by atoms with Crippen LogP contribution in [-0.2, 0) is 17.9 Å². The van der Waals surface area contributed by atoms with Crippen molar-refractivity contribution in [3.63, 3.8) is 0 Å². The molecule has 55 valence electrons. The molecule has 0 nitrogen and oxygen atoms in total. The summed E-state index contributed by atoms with van der Waals surface area (Å²) in [6, 6.07) is 0. The Hall–Kier alpha value is 0.194. The number of hydrogen-bond donors (Lipinski definition) is 0. The average molecular weight is 171 g/mol. The van der Waals surface area contributed by atoms with Gasteiger partial charge in [0.25, 0.3) is 0 Å². The third-order valence-corrected chi connectivity index (χ3v) is 4.67. The zero-order valence-electron chi connectivity index (χ0n) is 7.28. The monoisotopic (exact) mass is 171 g/mol. The second-order valence-electron chi connectivity index (χ2n) is 3.31. The van der Waals surface area contributed by atoms with Crippen LogP contribution in [-0.4, -0.2) is 0 Å². The van der Waals surface area contributed by atoms with E-state index >= 15 is 0 Å². The fourth-order valence-electron chi connectivity index (χ4n) is 1.18. The zero-order chi connectivity index (χ0) is 7.72. The van der Waals surface area contributed by atoms with Crippen LogP contribution in [0.15, 0.2) is 21.1 Å². The van der Waals surface area contributed by atoms with E-state index in [1.54, 1.807) is 9.45 Å². The molecule has 1 rings (SSSR count). The van der Waals surface area contributed by atoms with Crippen molar-refractivity contribution < 1.29 is 17.9 Å². The van der Waals surface area contributed by atoms with Gasteiger partial charge in [0.05, 0.1) is 0 Å². The Kier molecular flexibility index (Phi) is 2.54. The van der Waals surface area contributed by atoms with Crippen molar-refractivity contribution in [2.75, 3.05) is 0 Å². The molecule has 0 heterocycles. The second-order valence-corrected chi connectivity index (χ2v) is 7.44. The van der Waals surface area contributed by atoms with E-state index in [1.165, 1.54) is 12.0 Å². The van der Waals surface area contributed by atoms with E-state index in [4.69, 9.17) is 0 Å². The molecule has 0 amide bonds. The molecule has 0 fully saturated rings. The summed E-state index contributed by atoms with van der Waals surface area (Å²) in [5, 5.41) is 4.86. The van der Waals surface area contributed by atoms with Gasteiger partial charge < -0.3 is 0 Å². The molecule has 0 N–H and O–H groups in total. The number of rotatable bonds is 1. The van der Waals surface area contributed by atoms with E-state index in [0.29, 0.717) is 0 Å². The molecule has 0 saturated heterocycles. The normalized spacial score (nSPS) is 17.8. The van der Waals surface area contributed by atoms with E-state index in [0.717, 1.165) is 0 Å². The first-order valence-corrected chi connectivity index (χ1v) is 7.69. The van der Waals surface area contributed by atoms with Crippen LogP contribution in [0.4, 0.5) is 0 Å². The van der Waals surface area contributed by atoms with E-state index in [9.17, 15) is 0 Å². The van der Waals surface area contributed by atoms with Crippen LogP contribution in [0, 0.1) is 0 Å². The first-order chi connectivity index (χ1) is 4.61. The van der Waals surface area contributed by atoms with Crippen molar-refractivity contribution in [1.82, 2.24) is 0 Å². The molecule has 0 unspecified atom stereocenters. The average Bonchev–Trinajstić information content (AvgIpc) is 2.13. The fourth-order valence-corrected chi connectivity index (χ4v) is 2.94. The van der Waals surface area contributed by atoms with E-state index in [-0.39, 0.29) is 0 Å². The third-order valence-electron chi connectivity index (χ3n) is 2.16. The summed E-state index contributed by atoms with van der Waals surface area (Å²) in [6.45, 7) is 4.48. The third kappa shape index (κ3) is 1.62. The quantitative estimate of drug-likeness (QED) is 0.531. The number of allylic oxidation sites excluding steroid dienone is 4. The Labute approximate surface area is 69.9 Å². The van der Waals surface area contributed by atoms with Crippen molar-refractivity contribution in [2.24, 2.45) is 0 Å². The first-order valence-electron chi connectivity index (χ1n) is 3.78. The molecule has 0 aromatic heterocycles. The minimum absolute atomic E-state index is 0.722. The van der Waals surface area contributed by atoms with Gasteiger partial charge in [-0.1, -0.05) is 0 Å². The van der Waals surface area contributed by atoms with E-state index < -0.39 is 17.9 Å². The molecule has 1 aliphatic rings. The summed E-state index contributed by atoms with van der Waals surface area (Å²) < 4.78 is 1.76. The van der Waals surface area contributed by atoms with Gasteiger partial charge >= 0.3 is 69.7 Å². The second kappa shape index (κ2) is 3.06. The van der Waals surface area contributed by atoms with Gasteiger partial charge in [-0.3, -0.25) is 0 Å². The number of hydrogen-bond acceptors (Lipinski definition) is 0. The molecule has 1 aliphatic carbocycles. The van der Waals surface area contributed by atoms with Gasteiger partial charge in [-0.05, 0) is 0 Å². The van der Waals surface area contributed by atoms with Gasteiger partial charge in [-0.15, -0.1) is 0 Å². The van der Waals surface area contributed by atoms with Gasteiger partial charge in [-0.25, -0.2) is 0 Å². The van der Waals surface area contributed by atoms with Gasteiger partial charge in [0.15, 0.2) is 0 Å². The topological polar surface area (TPSA) is 0 Å². The molecular formula is C9H15Ti. The van der Waals surface area contributed by atoms with Crippen LogP contribution in [0.2, 0.25) is 10.5 Å². The van der Waals surface area contributed by atoms with Crippen LogP contribution >= 0.6 is 0 Å². The standard InChI is InChI=1S/C7H9.2CH3.Ti/c1-6-4-3-5-7(6)2;;;/h4H,5H2,1-2H3;2*1H3;. The molecule has 0 aromatic rings. The van der Waals surface area contributed by atoms with Gasteiger partial charge in [0.2, 0.25) is 0 Å². The summed E-state index contributed by atoms with van der Waals surface area (Å²) in [5.41, 5.74) is 3.10.